The Hall–Kier alpha value is -3.31. The van der Waals surface area contributed by atoms with Crippen LogP contribution >= 0.6 is 0 Å². The highest BCUT2D eigenvalue weighted by Crippen LogP contribution is 2.29. The third kappa shape index (κ3) is 6.14. The zero-order valence-corrected chi connectivity index (χ0v) is 19.3. The molecule has 3 aromatic rings. The summed E-state index contributed by atoms with van der Waals surface area (Å²) in [4.78, 5) is 17.6. The van der Waals surface area contributed by atoms with Crippen molar-refractivity contribution in [3.05, 3.63) is 96.1 Å². The maximum absolute atomic E-state index is 12.8. The van der Waals surface area contributed by atoms with Crippen molar-refractivity contribution in [3.8, 4) is 5.75 Å². The number of nitrogens with zero attached hydrogens (tertiary/aromatic N) is 2. The van der Waals surface area contributed by atoms with Crippen LogP contribution < -0.4 is 15.0 Å². The van der Waals surface area contributed by atoms with Crippen LogP contribution in [0.3, 0.4) is 0 Å². The number of hydrogen-bond donors (Lipinski definition) is 1. The molecule has 5 nitrogen and oxygen atoms in total. The molecule has 1 fully saturated rings. The number of hydrogen-bond acceptors (Lipinski definition) is 4. The van der Waals surface area contributed by atoms with Crippen molar-refractivity contribution in [2.75, 3.05) is 51.3 Å². The second-order valence-corrected chi connectivity index (χ2v) is 8.43. The number of ether oxygens (including phenoxy) is 1. The monoisotopic (exact) mass is 443 g/mol. The SMILES string of the molecule is COc1ccccc1N1CCN(CCNC(=O)CC(c2ccccc2)c2ccccc2)CC1. The molecule has 1 aliphatic rings. The van der Waals surface area contributed by atoms with Crippen molar-refractivity contribution < 1.29 is 9.53 Å². The van der Waals surface area contributed by atoms with Crippen LogP contribution in [0.4, 0.5) is 5.69 Å². The summed E-state index contributed by atoms with van der Waals surface area (Å²) in [5, 5.41) is 3.15. The van der Waals surface area contributed by atoms with Gasteiger partial charge in [-0.05, 0) is 23.3 Å². The van der Waals surface area contributed by atoms with Crippen molar-refractivity contribution in [1.29, 1.82) is 0 Å². The molecule has 33 heavy (non-hydrogen) atoms. The first-order chi connectivity index (χ1) is 16.2. The van der Waals surface area contributed by atoms with E-state index in [-0.39, 0.29) is 11.8 Å². The van der Waals surface area contributed by atoms with Gasteiger partial charge in [-0.25, -0.2) is 0 Å². The van der Waals surface area contributed by atoms with Gasteiger partial charge in [-0.1, -0.05) is 72.8 Å². The summed E-state index contributed by atoms with van der Waals surface area (Å²) < 4.78 is 5.51. The van der Waals surface area contributed by atoms with Crippen molar-refractivity contribution in [3.63, 3.8) is 0 Å². The van der Waals surface area contributed by atoms with E-state index in [4.69, 9.17) is 4.74 Å². The zero-order valence-electron chi connectivity index (χ0n) is 19.3. The molecule has 1 saturated heterocycles. The first-order valence-electron chi connectivity index (χ1n) is 11.7. The van der Waals surface area contributed by atoms with E-state index in [1.165, 1.54) is 11.1 Å². The van der Waals surface area contributed by atoms with E-state index >= 15 is 0 Å². The van der Waals surface area contributed by atoms with Crippen molar-refractivity contribution in [2.24, 2.45) is 0 Å². The molecule has 0 bridgehead atoms. The molecule has 0 unspecified atom stereocenters. The number of rotatable bonds is 9. The quantitative estimate of drug-likeness (QED) is 0.540. The van der Waals surface area contributed by atoms with Gasteiger partial charge in [0, 0.05) is 51.6 Å². The number of piperazine rings is 1. The fourth-order valence-electron chi connectivity index (χ4n) is 4.51. The predicted octanol–water partition coefficient (Wildman–Crippen LogP) is 4.16. The molecule has 3 aromatic carbocycles. The maximum Gasteiger partial charge on any atom is 0.220 e. The van der Waals surface area contributed by atoms with Crippen LogP contribution in [0.15, 0.2) is 84.9 Å². The van der Waals surface area contributed by atoms with Crippen LogP contribution in [-0.2, 0) is 4.79 Å². The molecule has 0 spiro atoms. The number of carbonyl (C=O) groups excluding carboxylic acids is 1. The Labute approximate surface area is 197 Å². The fourth-order valence-corrected chi connectivity index (χ4v) is 4.51. The number of para-hydroxylation sites is 2. The highest BCUT2D eigenvalue weighted by Gasteiger charge is 2.20. The Morgan fingerprint density at radius 2 is 1.42 bits per heavy atom. The fraction of sp³-hybridized carbons (Fsp3) is 0.321. The summed E-state index contributed by atoms with van der Waals surface area (Å²) >= 11 is 0. The summed E-state index contributed by atoms with van der Waals surface area (Å²) in [6.07, 6.45) is 0.454. The van der Waals surface area contributed by atoms with Gasteiger partial charge in [-0.3, -0.25) is 9.69 Å². The van der Waals surface area contributed by atoms with Gasteiger partial charge in [0.15, 0.2) is 0 Å². The number of methoxy groups -OCH3 is 1. The second kappa shape index (κ2) is 11.5. The van der Waals surface area contributed by atoms with Gasteiger partial charge in [0.05, 0.1) is 12.8 Å². The average Bonchev–Trinajstić information content (AvgIpc) is 2.89. The van der Waals surface area contributed by atoms with Crippen LogP contribution in [0.1, 0.15) is 23.5 Å². The highest BCUT2D eigenvalue weighted by molar-refractivity contribution is 5.77. The summed E-state index contributed by atoms with van der Waals surface area (Å²) in [7, 11) is 1.72. The minimum atomic E-state index is 0.0665. The smallest absolute Gasteiger partial charge is 0.220 e. The molecule has 4 rings (SSSR count). The van der Waals surface area contributed by atoms with E-state index in [1.54, 1.807) is 7.11 Å². The third-order valence-electron chi connectivity index (χ3n) is 6.34. The molecule has 1 N–H and O–H groups in total. The van der Waals surface area contributed by atoms with E-state index in [2.05, 4.69) is 51.5 Å². The largest absolute Gasteiger partial charge is 0.495 e. The van der Waals surface area contributed by atoms with Crippen molar-refractivity contribution in [2.45, 2.75) is 12.3 Å². The Balaban J connectivity index is 1.25. The molecule has 0 aliphatic carbocycles. The molecule has 0 saturated carbocycles. The molecule has 172 valence electrons. The lowest BCUT2D eigenvalue weighted by molar-refractivity contribution is -0.121. The predicted molar refractivity (Wildman–Crippen MR) is 134 cm³/mol. The Bertz CT molecular complexity index is 962. The average molecular weight is 444 g/mol. The topological polar surface area (TPSA) is 44.8 Å². The van der Waals surface area contributed by atoms with Gasteiger partial charge < -0.3 is 15.0 Å². The van der Waals surface area contributed by atoms with Gasteiger partial charge in [0.25, 0.3) is 0 Å². The van der Waals surface area contributed by atoms with E-state index < -0.39 is 0 Å². The van der Waals surface area contributed by atoms with Gasteiger partial charge in [-0.2, -0.15) is 0 Å². The van der Waals surface area contributed by atoms with Crippen LogP contribution in [0.5, 0.6) is 5.75 Å². The molecule has 5 heteroatoms. The molecular weight excluding hydrogens is 410 g/mol. The van der Waals surface area contributed by atoms with Gasteiger partial charge in [0.1, 0.15) is 5.75 Å². The second-order valence-electron chi connectivity index (χ2n) is 8.43. The van der Waals surface area contributed by atoms with Crippen molar-refractivity contribution >= 4 is 11.6 Å². The molecular formula is C28H33N3O2. The number of amides is 1. The van der Waals surface area contributed by atoms with Gasteiger partial charge in [0.2, 0.25) is 5.91 Å². The van der Waals surface area contributed by atoms with Gasteiger partial charge in [-0.15, -0.1) is 0 Å². The number of anilines is 1. The molecule has 0 radical (unpaired) electrons. The highest BCUT2D eigenvalue weighted by atomic mass is 16.5. The summed E-state index contributed by atoms with van der Waals surface area (Å²) in [6.45, 7) is 5.41. The van der Waals surface area contributed by atoms with Crippen LogP contribution in [0, 0.1) is 0 Å². The van der Waals surface area contributed by atoms with Crippen LogP contribution in [-0.4, -0.2) is 57.2 Å². The Morgan fingerprint density at radius 1 is 0.848 bits per heavy atom. The number of carbonyl (C=O) groups is 1. The summed E-state index contributed by atoms with van der Waals surface area (Å²) in [5.41, 5.74) is 3.50. The molecule has 1 heterocycles. The lowest BCUT2D eigenvalue weighted by Crippen LogP contribution is -2.48. The normalized spacial score (nSPS) is 14.3. The number of benzene rings is 3. The lowest BCUT2D eigenvalue weighted by atomic mass is 9.88. The maximum atomic E-state index is 12.8. The minimum absolute atomic E-state index is 0.0665. The van der Waals surface area contributed by atoms with E-state index in [9.17, 15) is 4.79 Å². The third-order valence-corrected chi connectivity index (χ3v) is 6.34. The lowest BCUT2D eigenvalue weighted by Gasteiger charge is -2.36. The Morgan fingerprint density at radius 3 is 2.03 bits per heavy atom. The zero-order chi connectivity index (χ0) is 22.9. The Kier molecular flexibility index (Phi) is 7.99. The standard InChI is InChI=1S/C28H33N3O2/c1-33-27-15-9-8-14-26(27)31-20-18-30(19-21-31)17-16-29-28(32)22-25(23-10-4-2-5-11-23)24-12-6-3-7-13-24/h2-15,25H,16-22H2,1H3,(H,29,32). The number of nitrogens with one attached hydrogen (secondary N) is 1. The van der Waals surface area contributed by atoms with Gasteiger partial charge >= 0.3 is 0 Å². The van der Waals surface area contributed by atoms with Crippen LogP contribution in [0.25, 0.3) is 0 Å². The molecule has 0 aromatic heterocycles. The minimum Gasteiger partial charge on any atom is -0.495 e. The van der Waals surface area contributed by atoms with E-state index in [0.29, 0.717) is 13.0 Å². The first kappa shape index (κ1) is 22.9. The first-order valence-corrected chi connectivity index (χ1v) is 11.7. The molecule has 1 amide bonds. The van der Waals surface area contributed by atoms with E-state index in [0.717, 1.165) is 44.2 Å². The summed E-state index contributed by atoms with van der Waals surface area (Å²) in [5.74, 6) is 1.08. The van der Waals surface area contributed by atoms with Crippen LogP contribution in [0.2, 0.25) is 0 Å². The molecule has 1 aliphatic heterocycles. The van der Waals surface area contributed by atoms with E-state index in [1.807, 2.05) is 48.5 Å². The summed E-state index contributed by atoms with van der Waals surface area (Å²) in [6, 6.07) is 28.8. The molecule has 0 atom stereocenters. The van der Waals surface area contributed by atoms with Crippen molar-refractivity contribution in [1.82, 2.24) is 10.2 Å².